The maximum absolute atomic E-state index is 10.5. The van der Waals surface area contributed by atoms with Crippen LogP contribution < -0.4 is 11.5 Å². The fourth-order valence-corrected chi connectivity index (χ4v) is 1.82. The molecule has 0 saturated carbocycles. The van der Waals surface area contributed by atoms with Crippen LogP contribution in [0.2, 0.25) is 0 Å². The summed E-state index contributed by atoms with van der Waals surface area (Å²) in [5, 5.41) is 8.60. The van der Waals surface area contributed by atoms with Crippen LogP contribution in [0.1, 0.15) is 38.5 Å². The van der Waals surface area contributed by atoms with Gasteiger partial charge < -0.3 is 16.6 Å². The third kappa shape index (κ3) is 5.49. The second-order valence-corrected chi connectivity index (χ2v) is 4.41. The van der Waals surface area contributed by atoms with Gasteiger partial charge >= 0.3 is 5.97 Å². The van der Waals surface area contributed by atoms with Gasteiger partial charge in [-0.2, -0.15) is 0 Å². The first-order valence-electron chi connectivity index (χ1n) is 6.05. The smallest absolute Gasteiger partial charge is 0.320 e. The normalized spacial score (nSPS) is 23.1. The van der Waals surface area contributed by atoms with E-state index in [1.54, 1.807) is 0 Å². The Morgan fingerprint density at radius 3 is 3.00 bits per heavy atom. The average Bonchev–Trinajstić information content (AvgIpc) is 2.48. The average molecular weight is 239 g/mol. The van der Waals surface area contributed by atoms with Crippen LogP contribution in [0.15, 0.2) is 17.1 Å². The van der Waals surface area contributed by atoms with Crippen molar-refractivity contribution in [1.29, 1.82) is 0 Å². The van der Waals surface area contributed by atoms with Gasteiger partial charge in [0.1, 0.15) is 6.04 Å². The van der Waals surface area contributed by atoms with E-state index in [9.17, 15) is 4.79 Å². The van der Waals surface area contributed by atoms with Gasteiger partial charge in [-0.15, -0.1) is 0 Å². The molecule has 1 heterocycles. The van der Waals surface area contributed by atoms with Crippen molar-refractivity contribution in [3.8, 4) is 0 Å². The van der Waals surface area contributed by atoms with E-state index in [2.05, 4.69) is 4.99 Å². The molecule has 17 heavy (non-hydrogen) atoms. The van der Waals surface area contributed by atoms with E-state index in [-0.39, 0.29) is 6.04 Å². The first kappa shape index (κ1) is 13.7. The molecular weight excluding hydrogens is 218 g/mol. The molecule has 2 atom stereocenters. The van der Waals surface area contributed by atoms with Crippen LogP contribution in [0.25, 0.3) is 0 Å². The van der Waals surface area contributed by atoms with E-state index >= 15 is 0 Å². The zero-order valence-corrected chi connectivity index (χ0v) is 10.0. The van der Waals surface area contributed by atoms with Crippen molar-refractivity contribution in [2.45, 2.75) is 50.6 Å². The molecule has 0 amide bonds. The molecule has 0 spiro atoms. The van der Waals surface area contributed by atoms with Crippen LogP contribution in [-0.4, -0.2) is 29.0 Å². The van der Waals surface area contributed by atoms with Crippen molar-refractivity contribution in [1.82, 2.24) is 0 Å². The second kappa shape index (κ2) is 7.06. The van der Waals surface area contributed by atoms with Gasteiger partial charge in [0.15, 0.2) is 0 Å². The minimum atomic E-state index is -0.966. The molecular formula is C12H21N3O2. The Labute approximate surface area is 102 Å². The highest BCUT2D eigenvalue weighted by Crippen LogP contribution is 2.15. The molecule has 0 aliphatic carbocycles. The van der Waals surface area contributed by atoms with Crippen LogP contribution in [0.4, 0.5) is 0 Å². The largest absolute Gasteiger partial charge is 0.480 e. The Kier molecular flexibility index (Phi) is 5.69. The van der Waals surface area contributed by atoms with E-state index in [4.69, 9.17) is 16.6 Å². The molecule has 5 nitrogen and oxygen atoms in total. The van der Waals surface area contributed by atoms with E-state index in [1.165, 1.54) is 0 Å². The van der Waals surface area contributed by atoms with Gasteiger partial charge in [-0.1, -0.05) is 18.6 Å². The van der Waals surface area contributed by atoms with Gasteiger partial charge in [0.25, 0.3) is 0 Å². The second-order valence-electron chi connectivity index (χ2n) is 4.41. The Hall–Kier alpha value is -1.36. The highest BCUT2D eigenvalue weighted by atomic mass is 16.4. The van der Waals surface area contributed by atoms with Crippen LogP contribution in [0.5, 0.6) is 0 Å². The van der Waals surface area contributed by atoms with Crippen molar-refractivity contribution < 1.29 is 9.90 Å². The van der Waals surface area contributed by atoms with E-state index in [0.29, 0.717) is 6.42 Å². The zero-order chi connectivity index (χ0) is 12.7. The predicted octanol–water partition coefficient (Wildman–Crippen LogP) is 1.03. The lowest BCUT2D eigenvalue weighted by molar-refractivity contribution is -0.138. The van der Waals surface area contributed by atoms with Gasteiger partial charge in [-0.3, -0.25) is 9.79 Å². The topological polar surface area (TPSA) is 102 Å². The molecule has 5 heteroatoms. The molecule has 0 unspecified atom stereocenters. The Morgan fingerprint density at radius 2 is 2.29 bits per heavy atom. The number of nitrogens with two attached hydrogens (primary N) is 2. The van der Waals surface area contributed by atoms with Gasteiger partial charge in [0.05, 0.1) is 11.9 Å². The number of carboxylic acid groups (broad SMARTS) is 1. The lowest BCUT2D eigenvalue weighted by Crippen LogP contribution is -2.29. The number of hydrogen-bond acceptors (Lipinski definition) is 4. The lowest BCUT2D eigenvalue weighted by Gasteiger charge is -2.07. The van der Waals surface area contributed by atoms with Gasteiger partial charge in [-0.05, 0) is 25.7 Å². The summed E-state index contributed by atoms with van der Waals surface area (Å²) in [6.07, 6.45) is 9.15. The third-order valence-electron chi connectivity index (χ3n) is 2.85. The molecule has 1 aliphatic heterocycles. The number of amidine groups is 1. The number of hydrogen-bond donors (Lipinski definition) is 3. The number of carboxylic acids is 1. The van der Waals surface area contributed by atoms with Crippen LogP contribution in [0, 0.1) is 0 Å². The van der Waals surface area contributed by atoms with Crippen LogP contribution in [0.3, 0.4) is 0 Å². The molecule has 1 aliphatic rings. The molecule has 96 valence electrons. The molecule has 0 aromatic rings. The first-order chi connectivity index (χ1) is 8.09. The molecule has 0 aromatic carbocycles. The highest BCUT2D eigenvalue weighted by Gasteiger charge is 2.11. The van der Waals surface area contributed by atoms with Crippen LogP contribution >= 0.6 is 0 Å². The summed E-state index contributed by atoms with van der Waals surface area (Å²) in [5.41, 5.74) is 11.1. The predicted molar refractivity (Wildman–Crippen MR) is 67.9 cm³/mol. The fourth-order valence-electron chi connectivity index (χ4n) is 1.82. The van der Waals surface area contributed by atoms with Gasteiger partial charge in [0.2, 0.25) is 0 Å². The van der Waals surface area contributed by atoms with Crippen molar-refractivity contribution in [2.24, 2.45) is 16.5 Å². The number of carbonyl (C=O) groups is 1. The molecule has 0 saturated heterocycles. The summed E-state index contributed by atoms with van der Waals surface area (Å²) in [4.78, 5) is 14.9. The van der Waals surface area contributed by atoms with Gasteiger partial charge in [0, 0.05) is 6.42 Å². The maximum atomic E-state index is 10.5. The molecule has 1 rings (SSSR count). The first-order valence-corrected chi connectivity index (χ1v) is 6.05. The summed E-state index contributed by atoms with van der Waals surface area (Å²) >= 11 is 0. The molecule has 0 fully saturated rings. The summed E-state index contributed by atoms with van der Waals surface area (Å²) in [7, 11) is 0. The molecule has 0 radical (unpaired) electrons. The Morgan fingerprint density at radius 1 is 1.53 bits per heavy atom. The molecule has 0 aromatic heterocycles. The quantitative estimate of drug-likeness (QED) is 0.624. The van der Waals surface area contributed by atoms with Crippen molar-refractivity contribution in [3.63, 3.8) is 0 Å². The van der Waals surface area contributed by atoms with E-state index in [0.717, 1.165) is 37.9 Å². The minimum absolute atomic E-state index is 0.245. The van der Waals surface area contributed by atoms with E-state index < -0.39 is 12.0 Å². The fraction of sp³-hybridized carbons (Fsp3) is 0.667. The number of rotatable bonds is 5. The Bertz CT molecular complexity index is 313. The summed E-state index contributed by atoms with van der Waals surface area (Å²) in [6, 6.07) is -0.566. The van der Waals surface area contributed by atoms with E-state index in [1.807, 2.05) is 12.2 Å². The molecule has 0 bridgehead atoms. The van der Waals surface area contributed by atoms with Crippen LogP contribution in [-0.2, 0) is 4.79 Å². The number of aliphatic carboxylic acids is 1. The summed E-state index contributed by atoms with van der Waals surface area (Å²) in [5.74, 6) is -0.227. The maximum Gasteiger partial charge on any atom is 0.320 e. The Balaban J connectivity index is 2.31. The van der Waals surface area contributed by atoms with Gasteiger partial charge in [-0.25, -0.2) is 0 Å². The third-order valence-corrected chi connectivity index (χ3v) is 2.85. The zero-order valence-electron chi connectivity index (χ0n) is 10.0. The van der Waals surface area contributed by atoms with Crippen molar-refractivity contribution >= 4 is 11.8 Å². The molecule has 5 N–H and O–H groups in total. The standard InChI is InChI=1S/C12H21N3O2/c13-10(12(16)17)7-3-1-5-9-6-2-4-8-11(14)15-9/h1,3,9-10H,2,4-8,13H2,(H2,14,15)(H,16,17)/b3-1+/t9-,10+/m0/s1. The number of aliphatic imine (C=N–C) groups is 1. The van der Waals surface area contributed by atoms with Crippen molar-refractivity contribution in [2.75, 3.05) is 0 Å². The van der Waals surface area contributed by atoms with Crippen molar-refractivity contribution in [3.05, 3.63) is 12.2 Å². The monoisotopic (exact) mass is 239 g/mol. The highest BCUT2D eigenvalue weighted by molar-refractivity contribution is 5.80. The SMILES string of the molecule is NC1=N[C@@H](C/C=C/C[C@@H](N)C(=O)O)CCCC1. The lowest BCUT2D eigenvalue weighted by atomic mass is 10.1. The number of nitrogens with zero attached hydrogens (tertiary/aromatic N) is 1. The summed E-state index contributed by atoms with van der Waals surface area (Å²) < 4.78 is 0. The minimum Gasteiger partial charge on any atom is -0.480 e. The summed E-state index contributed by atoms with van der Waals surface area (Å²) in [6.45, 7) is 0.